The Morgan fingerprint density at radius 2 is 1.50 bits per heavy atom. The molecule has 0 aliphatic carbocycles. The van der Waals surface area contributed by atoms with Crippen LogP contribution in [0.4, 0.5) is 0 Å². The molecular weight excluding hydrogens is 456 g/mol. The van der Waals surface area contributed by atoms with Gasteiger partial charge in [-0.2, -0.15) is 0 Å². The molecule has 178 valence electrons. The number of benzene rings is 3. The quantitative estimate of drug-likeness (QED) is 0.131. The average Bonchev–Trinajstić information content (AvgIpc) is 3.26. The van der Waals surface area contributed by atoms with Crippen molar-refractivity contribution in [3.63, 3.8) is 0 Å². The molecule has 3 aromatic rings. The van der Waals surface area contributed by atoms with Crippen LogP contribution in [0.2, 0.25) is 0 Å². The molecule has 1 fully saturated rings. The predicted octanol–water partition coefficient (Wildman–Crippen LogP) is 5.68. The molecule has 2 atom stereocenters. The zero-order valence-electron chi connectivity index (χ0n) is 20.1. The number of quaternary nitrogens is 1. The molecule has 1 aliphatic rings. The molecule has 0 spiro atoms. The van der Waals surface area contributed by atoms with Crippen LogP contribution in [0.1, 0.15) is 24.0 Å². The zero-order valence-corrected chi connectivity index (χ0v) is 21.7. The molecule has 1 saturated heterocycles. The van der Waals surface area contributed by atoms with Crippen molar-refractivity contribution in [2.24, 2.45) is 5.92 Å². The minimum atomic E-state index is -0.910. The number of hydrogen-bond donors (Lipinski definition) is 1. The number of likely N-dealkylation sites (tertiary alicyclic amines) is 1. The fourth-order valence-electron chi connectivity index (χ4n) is 5.53. The minimum absolute atomic E-state index is 0.110. The van der Waals surface area contributed by atoms with E-state index in [0.717, 1.165) is 53.8 Å². The smallest absolute Gasteiger partial charge is 0.0830 e. The molecule has 4 rings (SSSR count). The van der Waals surface area contributed by atoms with Crippen molar-refractivity contribution in [1.82, 2.24) is 0 Å². The summed E-state index contributed by atoms with van der Waals surface area (Å²) in [5.74, 6) is 0.712. The second-order valence-corrected chi connectivity index (χ2v) is 11.5. The Morgan fingerprint density at radius 3 is 2.03 bits per heavy atom. The van der Waals surface area contributed by atoms with E-state index in [4.69, 9.17) is 5.41 Å². The highest BCUT2D eigenvalue weighted by Gasteiger charge is 2.49. The second-order valence-electron chi connectivity index (χ2n) is 9.48. The molecule has 0 aromatic heterocycles. The van der Waals surface area contributed by atoms with Crippen molar-refractivity contribution in [1.29, 1.82) is 5.41 Å². The van der Waals surface area contributed by atoms with Gasteiger partial charge in [0.25, 0.3) is 0 Å². The van der Waals surface area contributed by atoms with Gasteiger partial charge in [-0.15, -0.1) is 23.5 Å². The Hall–Kier alpha value is -2.21. The summed E-state index contributed by atoms with van der Waals surface area (Å²) < 4.78 is 0.964. The van der Waals surface area contributed by atoms with Crippen LogP contribution in [-0.2, 0) is 5.41 Å². The Bertz CT molecular complexity index is 1030. The van der Waals surface area contributed by atoms with E-state index in [-0.39, 0.29) is 5.92 Å². The lowest BCUT2D eigenvalue weighted by Gasteiger charge is -2.43. The lowest BCUT2D eigenvalue weighted by Crippen LogP contribution is -2.52. The minimum Gasteiger partial charge on any atom is -0.861 e. The molecular formula is C29H34N2OS2. The number of nitrogens with zero attached hydrogens (tertiary/aromatic N) is 1. The third-order valence-electron chi connectivity index (χ3n) is 7.28. The topological polar surface area (TPSA) is 46.9 Å². The third kappa shape index (κ3) is 5.22. The van der Waals surface area contributed by atoms with Crippen LogP contribution >= 0.6 is 23.5 Å². The van der Waals surface area contributed by atoms with Gasteiger partial charge in [0.1, 0.15) is 0 Å². The molecule has 1 heterocycles. The monoisotopic (exact) mass is 490 g/mol. The van der Waals surface area contributed by atoms with Crippen LogP contribution in [-0.4, -0.2) is 49.1 Å². The lowest BCUT2D eigenvalue weighted by atomic mass is 9.65. The number of nitrogens with one attached hydrogen (secondary N) is 1. The van der Waals surface area contributed by atoms with Crippen molar-refractivity contribution in [3.8, 4) is 0 Å². The highest BCUT2D eigenvalue weighted by molar-refractivity contribution is 7.99. The molecule has 3 aromatic carbocycles. The highest BCUT2D eigenvalue weighted by Crippen LogP contribution is 2.45. The summed E-state index contributed by atoms with van der Waals surface area (Å²) in [6.45, 7) is 3.06. The van der Waals surface area contributed by atoms with Crippen LogP contribution in [0.5, 0.6) is 0 Å². The van der Waals surface area contributed by atoms with Gasteiger partial charge in [0.05, 0.1) is 32.1 Å². The average molecular weight is 491 g/mol. The fourth-order valence-corrected chi connectivity index (χ4v) is 6.78. The van der Waals surface area contributed by atoms with Gasteiger partial charge in [-0.05, 0) is 47.5 Å². The van der Waals surface area contributed by atoms with E-state index in [1.807, 2.05) is 72.4 Å². The van der Waals surface area contributed by atoms with E-state index in [0.29, 0.717) is 0 Å². The fraction of sp³-hybridized carbons (Fsp3) is 0.345. The van der Waals surface area contributed by atoms with Gasteiger partial charge >= 0.3 is 0 Å². The van der Waals surface area contributed by atoms with E-state index >= 15 is 0 Å². The maximum atomic E-state index is 13.2. The Labute approximate surface area is 212 Å². The molecule has 3 nitrogen and oxygen atoms in total. The largest absolute Gasteiger partial charge is 0.861 e. The normalized spacial score (nSPS) is 20.4. The first-order chi connectivity index (χ1) is 16.5. The van der Waals surface area contributed by atoms with Crippen LogP contribution in [0, 0.1) is 11.3 Å². The van der Waals surface area contributed by atoms with Crippen molar-refractivity contribution >= 4 is 29.4 Å². The van der Waals surface area contributed by atoms with E-state index in [1.165, 1.54) is 9.79 Å². The van der Waals surface area contributed by atoms with E-state index in [9.17, 15) is 5.11 Å². The first kappa shape index (κ1) is 24.9. The van der Waals surface area contributed by atoms with Gasteiger partial charge in [-0.1, -0.05) is 60.7 Å². The van der Waals surface area contributed by atoms with Gasteiger partial charge in [0, 0.05) is 34.3 Å². The summed E-state index contributed by atoms with van der Waals surface area (Å²) in [6.07, 6.45) is 4.19. The van der Waals surface area contributed by atoms with Gasteiger partial charge in [0.15, 0.2) is 0 Å². The zero-order chi connectivity index (χ0) is 24.0. The van der Waals surface area contributed by atoms with Gasteiger partial charge in [-0.25, -0.2) is 0 Å². The maximum absolute atomic E-state index is 13.2. The Balaban J connectivity index is 1.48. The molecule has 0 amide bonds. The van der Waals surface area contributed by atoms with Crippen molar-refractivity contribution < 1.29 is 9.59 Å². The summed E-state index contributed by atoms with van der Waals surface area (Å²) in [5, 5.41) is 21.7. The Kier molecular flexibility index (Phi) is 8.07. The molecule has 1 N–H and O–H groups in total. The van der Waals surface area contributed by atoms with E-state index < -0.39 is 11.3 Å². The molecule has 5 heteroatoms. The van der Waals surface area contributed by atoms with Crippen molar-refractivity contribution in [2.45, 2.75) is 28.0 Å². The van der Waals surface area contributed by atoms with Crippen LogP contribution in [0.25, 0.3) is 0 Å². The summed E-state index contributed by atoms with van der Waals surface area (Å²) in [4.78, 5) is 2.63. The standard InChI is InChI=1S/C29H34N2OS2/c1-31(19-9-21-34-27-16-14-26(33-2)15-17-27)20-18-25(22-31)29(28(30)32,23-10-5-3-6-11-23)24-12-7-4-8-13-24/h3-8,10-17,25H,9,18-22H2,1-2H3,(H-,30,32)/t25?,31-/m1/s1. The van der Waals surface area contributed by atoms with Crippen LogP contribution in [0.3, 0.4) is 0 Å². The van der Waals surface area contributed by atoms with E-state index in [2.05, 4.69) is 37.6 Å². The van der Waals surface area contributed by atoms with Crippen molar-refractivity contribution in [3.05, 3.63) is 96.1 Å². The summed E-state index contributed by atoms with van der Waals surface area (Å²) in [7, 11) is 2.33. The molecule has 1 aliphatic heterocycles. The number of rotatable bonds is 10. The molecule has 1 unspecified atom stereocenters. The highest BCUT2D eigenvalue weighted by atomic mass is 32.2. The molecule has 34 heavy (non-hydrogen) atoms. The Morgan fingerprint density at radius 1 is 0.941 bits per heavy atom. The first-order valence-corrected chi connectivity index (χ1v) is 14.2. The van der Waals surface area contributed by atoms with Gasteiger partial charge < -0.3 is 15.0 Å². The van der Waals surface area contributed by atoms with Gasteiger partial charge in [-0.3, -0.25) is 0 Å². The third-order valence-corrected chi connectivity index (χ3v) is 9.12. The van der Waals surface area contributed by atoms with Crippen molar-refractivity contribution in [2.75, 3.05) is 38.7 Å². The number of hydrogen-bond acceptors (Lipinski definition) is 4. The van der Waals surface area contributed by atoms with Crippen LogP contribution < -0.4 is 5.11 Å². The SMILES string of the molecule is CSc1ccc(SCCC[N@+]2(C)CCC(C(C(=N)[O-])(c3ccccc3)c3ccccc3)C2)cc1. The first-order valence-electron chi connectivity index (χ1n) is 12.0. The summed E-state index contributed by atoms with van der Waals surface area (Å²) >= 11 is 3.70. The maximum Gasteiger partial charge on any atom is 0.0830 e. The van der Waals surface area contributed by atoms with E-state index in [1.54, 1.807) is 11.8 Å². The molecule has 0 radical (unpaired) electrons. The molecule has 0 bridgehead atoms. The lowest BCUT2D eigenvalue weighted by molar-refractivity contribution is -0.899. The molecule has 0 saturated carbocycles. The van der Waals surface area contributed by atoms with Crippen LogP contribution in [0.15, 0.2) is 94.7 Å². The van der Waals surface area contributed by atoms with Gasteiger partial charge in [0.2, 0.25) is 0 Å². The number of thioether (sulfide) groups is 2. The summed E-state index contributed by atoms with van der Waals surface area (Å²) in [5.41, 5.74) is 0.986. The summed E-state index contributed by atoms with van der Waals surface area (Å²) in [6, 6.07) is 28.8. The second kappa shape index (κ2) is 11.0. The predicted molar refractivity (Wildman–Crippen MR) is 144 cm³/mol.